The third-order valence-electron chi connectivity index (χ3n) is 5.30. The normalized spacial score (nSPS) is 22.7. The minimum atomic E-state index is -5.74. The maximum absolute atomic E-state index is 13.0. The van der Waals surface area contributed by atoms with Crippen LogP contribution in [0.3, 0.4) is 0 Å². The van der Waals surface area contributed by atoms with Gasteiger partial charge in [0.15, 0.2) is 0 Å². The van der Waals surface area contributed by atoms with Gasteiger partial charge in [0.05, 0.1) is 0 Å². The van der Waals surface area contributed by atoms with Gasteiger partial charge in [-0.05, 0) is 37.8 Å². The number of hydrogen-bond acceptors (Lipinski definition) is 2. The van der Waals surface area contributed by atoms with Crippen LogP contribution >= 0.6 is 0 Å². The Labute approximate surface area is 148 Å². The van der Waals surface area contributed by atoms with Crippen LogP contribution in [0.4, 0.5) is 26.3 Å². The van der Waals surface area contributed by atoms with Crippen molar-refractivity contribution in [2.24, 2.45) is 5.92 Å². The van der Waals surface area contributed by atoms with Crippen molar-refractivity contribution < 1.29 is 31.4 Å². The number of alkyl halides is 6. The van der Waals surface area contributed by atoms with Gasteiger partial charge in [0, 0.05) is 18.5 Å². The number of nitrogens with zero attached hydrogens (tertiary/aromatic N) is 1. The molecule has 2 nitrogen and oxygen atoms in total. The quantitative estimate of drug-likeness (QED) is 0.730. The summed E-state index contributed by atoms with van der Waals surface area (Å²) in [4.78, 5) is 2.06. The second kappa shape index (κ2) is 7.76. The van der Waals surface area contributed by atoms with Crippen molar-refractivity contribution in [2.45, 2.75) is 63.1 Å². The highest BCUT2D eigenvalue weighted by Crippen LogP contribution is 2.51. The largest absolute Gasteiger partial charge is 0.426 e. The molecule has 1 aliphatic carbocycles. The van der Waals surface area contributed by atoms with Crippen LogP contribution in [0.5, 0.6) is 0 Å². The average molecular weight is 383 g/mol. The maximum atomic E-state index is 13.0. The monoisotopic (exact) mass is 383 g/mol. The zero-order valence-corrected chi connectivity index (χ0v) is 14.4. The van der Waals surface area contributed by atoms with Crippen LogP contribution in [0.2, 0.25) is 0 Å². The van der Waals surface area contributed by atoms with Gasteiger partial charge in [-0.1, -0.05) is 37.3 Å². The molecule has 1 aromatic carbocycles. The lowest BCUT2D eigenvalue weighted by Gasteiger charge is -2.43. The van der Waals surface area contributed by atoms with Crippen LogP contribution in [-0.4, -0.2) is 40.5 Å². The molecular formula is C18H23F6NO. The molecule has 1 aromatic rings. The van der Waals surface area contributed by atoms with E-state index in [1.165, 1.54) is 0 Å². The first-order valence-corrected chi connectivity index (χ1v) is 8.64. The second-order valence-electron chi connectivity index (χ2n) is 6.82. The van der Waals surface area contributed by atoms with Crippen LogP contribution in [-0.2, 0) is 6.54 Å². The molecule has 0 spiro atoms. The predicted octanol–water partition coefficient (Wildman–Crippen LogP) is 4.92. The van der Waals surface area contributed by atoms with E-state index in [0.29, 0.717) is 13.1 Å². The lowest BCUT2D eigenvalue weighted by Crippen LogP contribution is -2.62. The Kier molecular flexibility index (Phi) is 6.28. The van der Waals surface area contributed by atoms with Crippen molar-refractivity contribution in [1.29, 1.82) is 0 Å². The summed E-state index contributed by atoms with van der Waals surface area (Å²) < 4.78 is 78.1. The van der Waals surface area contributed by atoms with Crippen LogP contribution in [0.1, 0.15) is 38.2 Å². The molecule has 0 radical (unpaired) electrons. The topological polar surface area (TPSA) is 23.5 Å². The highest BCUT2D eigenvalue weighted by atomic mass is 19.4. The summed E-state index contributed by atoms with van der Waals surface area (Å²) >= 11 is 0. The molecule has 0 aliphatic heterocycles. The van der Waals surface area contributed by atoms with E-state index in [1.807, 2.05) is 37.3 Å². The van der Waals surface area contributed by atoms with Gasteiger partial charge in [0.1, 0.15) is 0 Å². The number of halogens is 6. The number of aliphatic hydroxyl groups is 1. The second-order valence-corrected chi connectivity index (χ2v) is 6.82. The summed E-state index contributed by atoms with van der Waals surface area (Å²) in [6.45, 7) is 3.15. The van der Waals surface area contributed by atoms with Gasteiger partial charge < -0.3 is 5.11 Å². The average Bonchev–Trinajstić information content (AvgIpc) is 2.58. The van der Waals surface area contributed by atoms with Gasteiger partial charge >= 0.3 is 12.4 Å². The Morgan fingerprint density at radius 1 is 0.923 bits per heavy atom. The predicted molar refractivity (Wildman–Crippen MR) is 85.3 cm³/mol. The molecule has 1 N–H and O–H groups in total. The van der Waals surface area contributed by atoms with Crippen molar-refractivity contribution in [1.82, 2.24) is 4.90 Å². The van der Waals surface area contributed by atoms with E-state index < -0.39 is 23.9 Å². The molecule has 0 saturated heterocycles. The summed E-state index contributed by atoms with van der Waals surface area (Å²) in [6, 6.07) is 9.41. The van der Waals surface area contributed by atoms with Gasteiger partial charge in [0.2, 0.25) is 0 Å². The molecule has 148 valence electrons. The maximum Gasteiger partial charge on any atom is 0.426 e. The van der Waals surface area contributed by atoms with Crippen molar-refractivity contribution in [3.05, 3.63) is 35.9 Å². The highest BCUT2D eigenvalue weighted by Gasteiger charge is 2.73. The van der Waals surface area contributed by atoms with Crippen molar-refractivity contribution in [2.75, 3.05) is 6.54 Å². The number of benzene rings is 1. The van der Waals surface area contributed by atoms with Gasteiger partial charge in [-0.3, -0.25) is 4.90 Å². The Balaban J connectivity index is 2.07. The Bertz CT molecular complexity index is 549. The van der Waals surface area contributed by atoms with E-state index >= 15 is 0 Å². The third-order valence-corrected chi connectivity index (χ3v) is 5.30. The molecule has 8 heteroatoms. The first-order valence-electron chi connectivity index (χ1n) is 8.64. The van der Waals surface area contributed by atoms with Gasteiger partial charge in [-0.2, -0.15) is 26.3 Å². The number of hydrogen-bond donors (Lipinski definition) is 1. The SMILES string of the molecule is CCN(Cc1ccccc1)C1CCC(C(O)(C(F)(F)F)C(F)(F)F)CC1. The third kappa shape index (κ3) is 4.17. The Morgan fingerprint density at radius 3 is 1.85 bits per heavy atom. The van der Waals surface area contributed by atoms with E-state index in [2.05, 4.69) is 4.90 Å². The summed E-state index contributed by atoms with van der Waals surface area (Å²) in [5, 5.41) is 9.56. The summed E-state index contributed by atoms with van der Waals surface area (Å²) in [6.07, 6.45) is -11.7. The van der Waals surface area contributed by atoms with Crippen molar-refractivity contribution in [3.8, 4) is 0 Å². The molecule has 1 fully saturated rings. The van der Waals surface area contributed by atoms with Crippen molar-refractivity contribution >= 4 is 0 Å². The molecule has 1 aliphatic rings. The molecular weight excluding hydrogens is 360 g/mol. The molecule has 0 heterocycles. The van der Waals surface area contributed by atoms with E-state index in [0.717, 1.165) is 5.56 Å². The summed E-state index contributed by atoms with van der Waals surface area (Å²) in [5.41, 5.74) is -3.60. The molecule has 2 rings (SSSR count). The Hall–Kier alpha value is -1.28. The zero-order chi connectivity index (χ0) is 19.6. The van der Waals surface area contributed by atoms with Crippen LogP contribution in [0.25, 0.3) is 0 Å². The van der Waals surface area contributed by atoms with E-state index in [9.17, 15) is 31.4 Å². The lowest BCUT2D eigenvalue weighted by atomic mass is 9.74. The minimum Gasteiger partial charge on any atom is -0.373 e. The highest BCUT2D eigenvalue weighted by molar-refractivity contribution is 5.14. The first-order chi connectivity index (χ1) is 12.0. The van der Waals surface area contributed by atoms with Gasteiger partial charge in [-0.15, -0.1) is 0 Å². The number of rotatable bonds is 5. The van der Waals surface area contributed by atoms with Gasteiger partial charge in [-0.25, -0.2) is 0 Å². The first kappa shape index (κ1) is 21.0. The fraction of sp³-hybridized carbons (Fsp3) is 0.667. The van der Waals surface area contributed by atoms with Crippen LogP contribution < -0.4 is 0 Å². The molecule has 0 aromatic heterocycles. The van der Waals surface area contributed by atoms with Gasteiger partial charge in [0.25, 0.3) is 5.60 Å². The fourth-order valence-corrected chi connectivity index (χ4v) is 3.80. The van der Waals surface area contributed by atoms with Crippen LogP contribution in [0, 0.1) is 5.92 Å². The minimum absolute atomic E-state index is 0.0952. The summed E-state index contributed by atoms with van der Waals surface area (Å²) in [5.74, 6) is -1.87. The zero-order valence-electron chi connectivity index (χ0n) is 14.4. The molecule has 0 unspecified atom stereocenters. The van der Waals surface area contributed by atoms with E-state index in [4.69, 9.17) is 0 Å². The fourth-order valence-electron chi connectivity index (χ4n) is 3.80. The molecule has 26 heavy (non-hydrogen) atoms. The molecule has 1 saturated carbocycles. The Morgan fingerprint density at radius 2 is 1.42 bits per heavy atom. The molecule has 0 bridgehead atoms. The molecule has 0 atom stereocenters. The van der Waals surface area contributed by atoms with Crippen molar-refractivity contribution in [3.63, 3.8) is 0 Å². The smallest absolute Gasteiger partial charge is 0.373 e. The van der Waals surface area contributed by atoms with E-state index in [-0.39, 0.29) is 31.7 Å². The molecule has 0 amide bonds. The lowest BCUT2D eigenvalue weighted by molar-refractivity contribution is -0.387. The van der Waals surface area contributed by atoms with E-state index in [1.54, 1.807) is 0 Å². The standard InChI is InChI=1S/C18H23F6NO/c1-2-25(12-13-6-4-3-5-7-13)15-10-8-14(9-11-15)16(26,17(19,20)21)18(22,23)24/h3-7,14-15,26H,2,8-12H2,1H3. The summed E-state index contributed by atoms with van der Waals surface area (Å²) in [7, 11) is 0. The van der Waals surface area contributed by atoms with Crippen LogP contribution in [0.15, 0.2) is 30.3 Å².